The largest absolute Gasteiger partial charge is 0.491 e. The molecule has 0 N–H and O–H groups in total. The van der Waals surface area contributed by atoms with Crippen LogP contribution in [0.4, 0.5) is 0 Å². The number of ether oxygens (including phenoxy) is 2. The number of aryl methyl sites for hydroxylation is 1. The summed E-state index contributed by atoms with van der Waals surface area (Å²) < 4.78 is 12.0. The van der Waals surface area contributed by atoms with Crippen molar-refractivity contribution in [1.82, 2.24) is 9.78 Å². The maximum absolute atomic E-state index is 12.0. The molecule has 2 rings (SSSR count). The monoisotopic (exact) mass is 286 g/mol. The van der Waals surface area contributed by atoms with Gasteiger partial charge in [0.25, 0.3) is 0 Å². The fraction of sp³-hybridized carbons (Fsp3) is 0.250. The lowest BCUT2D eigenvalue weighted by atomic mass is 10.1. The van der Waals surface area contributed by atoms with Gasteiger partial charge in [-0.25, -0.2) is 0 Å². The minimum atomic E-state index is -0.0534. The Hall–Kier alpha value is -2.40. The predicted molar refractivity (Wildman–Crippen MR) is 80.4 cm³/mol. The molecule has 0 aliphatic carbocycles. The van der Waals surface area contributed by atoms with Gasteiger partial charge in [-0.3, -0.25) is 9.48 Å². The number of carbonyl (C=O) groups excluding carboxylic acids is 1. The molecular weight excluding hydrogens is 268 g/mol. The van der Waals surface area contributed by atoms with Gasteiger partial charge in [0.15, 0.2) is 5.78 Å². The lowest BCUT2D eigenvalue weighted by molar-refractivity contribution is 0.104. The number of benzene rings is 1. The summed E-state index contributed by atoms with van der Waals surface area (Å²) in [6.07, 6.45) is 6.84. The van der Waals surface area contributed by atoms with Crippen molar-refractivity contribution >= 4 is 11.9 Å². The van der Waals surface area contributed by atoms with E-state index in [9.17, 15) is 4.79 Å². The summed E-state index contributed by atoms with van der Waals surface area (Å²) in [5, 5.41) is 4.04. The SMILES string of the molecule is COCCOc1ccc(C(=O)/C=C/c2cnn(C)c2)cc1. The van der Waals surface area contributed by atoms with Gasteiger partial charge in [-0.15, -0.1) is 0 Å². The van der Waals surface area contributed by atoms with Crippen LogP contribution >= 0.6 is 0 Å². The van der Waals surface area contributed by atoms with Gasteiger partial charge in [-0.05, 0) is 36.4 Å². The van der Waals surface area contributed by atoms with Gasteiger partial charge in [0, 0.05) is 31.5 Å². The van der Waals surface area contributed by atoms with Crippen molar-refractivity contribution in [3.8, 4) is 5.75 Å². The van der Waals surface area contributed by atoms with Crippen LogP contribution in [0.15, 0.2) is 42.7 Å². The second-order valence-corrected chi connectivity index (χ2v) is 4.51. The van der Waals surface area contributed by atoms with Crippen molar-refractivity contribution in [1.29, 1.82) is 0 Å². The zero-order valence-corrected chi connectivity index (χ0v) is 12.2. The molecule has 0 aliphatic rings. The Morgan fingerprint density at radius 2 is 2.05 bits per heavy atom. The molecule has 0 fully saturated rings. The number of nitrogens with zero attached hydrogens (tertiary/aromatic N) is 2. The first kappa shape index (κ1) is 15.0. The predicted octanol–water partition coefficient (Wildman–Crippen LogP) is 2.34. The minimum Gasteiger partial charge on any atom is -0.491 e. The van der Waals surface area contributed by atoms with Crippen molar-refractivity contribution in [2.24, 2.45) is 7.05 Å². The van der Waals surface area contributed by atoms with Crippen LogP contribution in [0.1, 0.15) is 15.9 Å². The minimum absolute atomic E-state index is 0.0534. The number of hydrogen-bond donors (Lipinski definition) is 0. The Kier molecular flexibility index (Phi) is 5.29. The molecule has 2 aromatic rings. The van der Waals surface area contributed by atoms with Crippen molar-refractivity contribution in [2.75, 3.05) is 20.3 Å². The second kappa shape index (κ2) is 7.40. The molecule has 0 radical (unpaired) electrons. The third kappa shape index (κ3) is 4.57. The highest BCUT2D eigenvalue weighted by atomic mass is 16.5. The van der Waals surface area contributed by atoms with E-state index in [1.807, 2.05) is 13.2 Å². The Bertz CT molecular complexity index is 615. The van der Waals surface area contributed by atoms with Crippen molar-refractivity contribution < 1.29 is 14.3 Å². The number of carbonyl (C=O) groups is 1. The zero-order chi connectivity index (χ0) is 15.1. The summed E-state index contributed by atoms with van der Waals surface area (Å²) in [7, 11) is 3.46. The van der Waals surface area contributed by atoms with E-state index in [1.165, 1.54) is 6.08 Å². The lowest BCUT2D eigenvalue weighted by Crippen LogP contribution is -2.04. The molecule has 0 bridgehead atoms. The molecular formula is C16H18N2O3. The van der Waals surface area contributed by atoms with E-state index in [0.29, 0.717) is 18.8 Å². The molecule has 1 aromatic heterocycles. The van der Waals surface area contributed by atoms with Gasteiger partial charge in [-0.2, -0.15) is 5.10 Å². The first-order valence-corrected chi connectivity index (χ1v) is 6.62. The highest BCUT2D eigenvalue weighted by Crippen LogP contribution is 2.13. The quantitative estimate of drug-likeness (QED) is 0.445. The Labute approximate surface area is 123 Å². The number of methoxy groups -OCH3 is 1. The lowest BCUT2D eigenvalue weighted by Gasteiger charge is -2.05. The molecule has 5 nitrogen and oxygen atoms in total. The first-order chi connectivity index (χ1) is 10.2. The van der Waals surface area contributed by atoms with E-state index in [1.54, 1.807) is 48.3 Å². The Balaban J connectivity index is 1.94. The average molecular weight is 286 g/mol. The van der Waals surface area contributed by atoms with Crippen LogP contribution in [0, 0.1) is 0 Å². The number of hydrogen-bond acceptors (Lipinski definition) is 4. The molecule has 1 heterocycles. The summed E-state index contributed by atoms with van der Waals surface area (Å²) in [5.74, 6) is 0.669. The van der Waals surface area contributed by atoms with Crippen molar-refractivity contribution in [3.05, 3.63) is 53.9 Å². The molecule has 5 heteroatoms. The van der Waals surface area contributed by atoms with E-state index in [-0.39, 0.29) is 5.78 Å². The standard InChI is InChI=1S/C16H18N2O3/c1-18-12-13(11-17-18)3-8-16(19)14-4-6-15(7-5-14)21-10-9-20-2/h3-8,11-12H,9-10H2,1-2H3/b8-3+. The number of aromatic nitrogens is 2. The Morgan fingerprint density at radius 1 is 1.29 bits per heavy atom. The normalized spacial score (nSPS) is 11.0. The molecule has 0 spiro atoms. The number of allylic oxidation sites excluding steroid dienone is 1. The second-order valence-electron chi connectivity index (χ2n) is 4.51. The van der Waals surface area contributed by atoms with Crippen LogP contribution < -0.4 is 4.74 Å². The molecule has 0 atom stereocenters. The van der Waals surface area contributed by atoms with E-state index >= 15 is 0 Å². The zero-order valence-electron chi connectivity index (χ0n) is 12.2. The number of rotatable bonds is 7. The molecule has 0 saturated carbocycles. The third-order valence-corrected chi connectivity index (χ3v) is 2.85. The van der Waals surface area contributed by atoms with E-state index in [4.69, 9.17) is 9.47 Å². The molecule has 21 heavy (non-hydrogen) atoms. The molecule has 0 saturated heterocycles. The van der Waals surface area contributed by atoms with Crippen LogP contribution in [0.2, 0.25) is 0 Å². The first-order valence-electron chi connectivity index (χ1n) is 6.62. The van der Waals surface area contributed by atoms with Gasteiger partial charge in [0.05, 0.1) is 12.8 Å². The van der Waals surface area contributed by atoms with Crippen molar-refractivity contribution in [2.45, 2.75) is 0 Å². The maximum atomic E-state index is 12.0. The van der Waals surface area contributed by atoms with Crippen LogP contribution in [-0.2, 0) is 11.8 Å². The Morgan fingerprint density at radius 3 is 2.67 bits per heavy atom. The average Bonchev–Trinajstić information content (AvgIpc) is 2.91. The van der Waals surface area contributed by atoms with E-state index in [2.05, 4.69) is 5.10 Å². The molecule has 1 aromatic carbocycles. The van der Waals surface area contributed by atoms with Gasteiger partial charge >= 0.3 is 0 Å². The van der Waals surface area contributed by atoms with E-state index < -0.39 is 0 Å². The summed E-state index contributed by atoms with van der Waals surface area (Å²) in [6.45, 7) is 1.03. The van der Waals surface area contributed by atoms with Crippen LogP contribution in [0.25, 0.3) is 6.08 Å². The number of ketones is 1. The highest BCUT2D eigenvalue weighted by molar-refractivity contribution is 6.06. The summed E-state index contributed by atoms with van der Waals surface area (Å²) in [4.78, 5) is 12.0. The molecule has 0 unspecified atom stereocenters. The highest BCUT2D eigenvalue weighted by Gasteiger charge is 2.02. The van der Waals surface area contributed by atoms with Crippen LogP contribution in [-0.4, -0.2) is 35.9 Å². The van der Waals surface area contributed by atoms with Crippen LogP contribution in [0.3, 0.4) is 0 Å². The van der Waals surface area contributed by atoms with Gasteiger partial charge in [-0.1, -0.05) is 0 Å². The van der Waals surface area contributed by atoms with Gasteiger partial charge in [0.2, 0.25) is 0 Å². The van der Waals surface area contributed by atoms with E-state index in [0.717, 1.165) is 11.3 Å². The smallest absolute Gasteiger partial charge is 0.185 e. The van der Waals surface area contributed by atoms with Gasteiger partial charge < -0.3 is 9.47 Å². The fourth-order valence-electron chi connectivity index (χ4n) is 1.75. The van der Waals surface area contributed by atoms with Gasteiger partial charge in [0.1, 0.15) is 12.4 Å². The molecule has 0 aliphatic heterocycles. The summed E-state index contributed by atoms with van der Waals surface area (Å²) in [5.41, 5.74) is 1.51. The third-order valence-electron chi connectivity index (χ3n) is 2.85. The molecule has 0 amide bonds. The topological polar surface area (TPSA) is 53.4 Å². The van der Waals surface area contributed by atoms with Crippen LogP contribution in [0.5, 0.6) is 5.75 Å². The summed E-state index contributed by atoms with van der Waals surface area (Å²) in [6, 6.07) is 7.05. The molecule has 110 valence electrons. The fourth-order valence-corrected chi connectivity index (χ4v) is 1.75. The maximum Gasteiger partial charge on any atom is 0.185 e. The summed E-state index contributed by atoms with van der Waals surface area (Å²) >= 11 is 0. The van der Waals surface area contributed by atoms with Crippen molar-refractivity contribution in [3.63, 3.8) is 0 Å².